The van der Waals surface area contributed by atoms with Gasteiger partial charge in [0, 0.05) is 6.20 Å². The number of aromatic nitrogens is 1. The normalized spacial score (nSPS) is 41.8. The fraction of sp³-hybridized carbons (Fsp3) is 0.816. The fourth-order valence-electron chi connectivity index (χ4n) is 11.6. The van der Waals surface area contributed by atoms with Crippen LogP contribution >= 0.6 is 0 Å². The van der Waals surface area contributed by atoms with E-state index in [0.717, 1.165) is 47.1 Å². The molecule has 0 radical (unpaired) electrons. The molecule has 1 aromatic heterocycles. The summed E-state index contributed by atoms with van der Waals surface area (Å²) in [6.45, 7) is 19.9. The molecule has 4 aliphatic rings. The van der Waals surface area contributed by atoms with Crippen molar-refractivity contribution in [3.63, 3.8) is 0 Å². The van der Waals surface area contributed by atoms with Gasteiger partial charge >= 0.3 is 0 Å². The van der Waals surface area contributed by atoms with Crippen molar-refractivity contribution < 1.29 is 0 Å². The Kier molecular flexibility index (Phi) is 8.37. The van der Waals surface area contributed by atoms with Crippen LogP contribution in [0.25, 0.3) is 0 Å². The van der Waals surface area contributed by atoms with Gasteiger partial charge in [-0.15, -0.1) is 0 Å². The average Bonchev–Trinajstić information content (AvgIpc) is 3.27. The smallest absolute Gasteiger partial charge is 0.113 e. The summed E-state index contributed by atoms with van der Waals surface area (Å²) in [5.74, 6) is 13.1. The molecular formula is C38H59N. The van der Waals surface area contributed by atoms with Crippen molar-refractivity contribution in [1.29, 1.82) is 0 Å². The Morgan fingerprint density at radius 3 is 2.33 bits per heavy atom. The van der Waals surface area contributed by atoms with Crippen molar-refractivity contribution in [2.24, 2.45) is 57.7 Å². The van der Waals surface area contributed by atoms with Gasteiger partial charge in [-0.1, -0.05) is 73.3 Å². The monoisotopic (exact) mass is 529 g/mol. The van der Waals surface area contributed by atoms with Crippen molar-refractivity contribution in [1.82, 2.24) is 4.98 Å². The van der Waals surface area contributed by atoms with Crippen LogP contribution in [0, 0.1) is 69.5 Å². The highest BCUT2D eigenvalue weighted by atomic mass is 14.7. The molecule has 5 unspecified atom stereocenters. The highest BCUT2D eigenvalue weighted by Crippen LogP contribution is 2.70. The number of hydrogen-bond acceptors (Lipinski definition) is 1. The van der Waals surface area contributed by atoms with Crippen molar-refractivity contribution in [2.45, 2.75) is 138 Å². The topological polar surface area (TPSA) is 12.9 Å². The van der Waals surface area contributed by atoms with Crippen molar-refractivity contribution in [3.05, 3.63) is 29.6 Å². The predicted molar refractivity (Wildman–Crippen MR) is 166 cm³/mol. The third kappa shape index (κ3) is 5.15. The first kappa shape index (κ1) is 29.2. The Morgan fingerprint density at radius 1 is 0.897 bits per heavy atom. The van der Waals surface area contributed by atoms with Gasteiger partial charge in [0.1, 0.15) is 5.69 Å². The first-order chi connectivity index (χ1) is 18.6. The minimum absolute atomic E-state index is 0.528. The SMILES string of the molecule is CC#Cc1ccc([C@@H](C)C(CC)C2CC[C@H]3[C@@H]4CCC5C[C@@](C)(C[C@@H](C)CC)CCC5(C)[C@H]4CCC23C)cn1. The summed E-state index contributed by atoms with van der Waals surface area (Å²) in [6.07, 6.45) is 19.6. The lowest BCUT2D eigenvalue weighted by molar-refractivity contribution is -0.134. The van der Waals surface area contributed by atoms with Gasteiger partial charge in [0.2, 0.25) is 0 Å². The average molecular weight is 530 g/mol. The second-order valence-electron chi connectivity index (χ2n) is 15.8. The van der Waals surface area contributed by atoms with Gasteiger partial charge in [-0.2, -0.15) is 0 Å². The van der Waals surface area contributed by atoms with Gasteiger partial charge in [-0.05, 0) is 152 Å². The van der Waals surface area contributed by atoms with Crippen LogP contribution in [0.1, 0.15) is 150 Å². The summed E-state index contributed by atoms with van der Waals surface area (Å²) in [5, 5.41) is 0. The van der Waals surface area contributed by atoms with Crippen LogP contribution in [-0.2, 0) is 0 Å². The van der Waals surface area contributed by atoms with Gasteiger partial charge in [0.25, 0.3) is 0 Å². The predicted octanol–water partition coefficient (Wildman–Crippen LogP) is 10.7. The lowest BCUT2D eigenvalue weighted by atomic mass is 9.42. The lowest BCUT2D eigenvalue weighted by Crippen LogP contribution is -2.55. The summed E-state index contributed by atoms with van der Waals surface area (Å²) in [5.41, 5.74) is 4.04. The minimum Gasteiger partial charge on any atom is -0.248 e. The fourth-order valence-corrected chi connectivity index (χ4v) is 11.6. The van der Waals surface area contributed by atoms with Crippen molar-refractivity contribution in [2.75, 3.05) is 0 Å². The standard InChI is InChI=1S/C38H59N/c1-9-12-30-15-13-28(25-39-30)27(5)31(11-3)33-17-18-34-32-16-14-29-24-36(6,23-26(4)10-2)21-22-37(29,7)35(32)19-20-38(33,34)8/h13,15,25-27,29,31-35H,10-11,14,16-24H2,1-8H3/t26-,27+,29?,31?,32-,33?,34-,35-,36+,37?,38?/m0/s1. The third-order valence-electron chi connectivity index (χ3n) is 13.9. The second kappa shape index (κ2) is 11.2. The molecule has 11 atom stereocenters. The molecule has 4 saturated carbocycles. The molecule has 0 amide bonds. The van der Waals surface area contributed by atoms with Crippen LogP contribution in [0.4, 0.5) is 0 Å². The third-order valence-corrected chi connectivity index (χ3v) is 13.9. The molecule has 0 aromatic carbocycles. The van der Waals surface area contributed by atoms with E-state index in [9.17, 15) is 0 Å². The molecule has 1 aromatic rings. The maximum absolute atomic E-state index is 4.69. The molecule has 39 heavy (non-hydrogen) atoms. The molecule has 0 spiro atoms. The van der Waals surface area contributed by atoms with Crippen LogP contribution in [0.15, 0.2) is 18.3 Å². The van der Waals surface area contributed by atoms with E-state index < -0.39 is 0 Å². The van der Waals surface area contributed by atoms with E-state index in [1.54, 1.807) is 0 Å². The number of pyridine rings is 1. The Hall–Kier alpha value is -1.29. The highest BCUT2D eigenvalue weighted by Gasteiger charge is 2.61. The van der Waals surface area contributed by atoms with Crippen LogP contribution in [0.2, 0.25) is 0 Å². The summed E-state index contributed by atoms with van der Waals surface area (Å²) < 4.78 is 0. The van der Waals surface area contributed by atoms with Crippen molar-refractivity contribution in [3.8, 4) is 11.8 Å². The molecule has 5 rings (SSSR count). The van der Waals surface area contributed by atoms with Crippen molar-refractivity contribution >= 4 is 0 Å². The Labute approximate surface area is 242 Å². The van der Waals surface area contributed by atoms with Crippen LogP contribution < -0.4 is 0 Å². The van der Waals surface area contributed by atoms with E-state index >= 15 is 0 Å². The Morgan fingerprint density at radius 2 is 1.67 bits per heavy atom. The first-order valence-corrected chi connectivity index (χ1v) is 17.0. The number of rotatable bonds is 7. The maximum atomic E-state index is 4.69. The molecule has 4 aliphatic carbocycles. The molecule has 0 saturated heterocycles. The summed E-state index contributed by atoms with van der Waals surface area (Å²) in [6, 6.07) is 4.45. The Balaban J connectivity index is 1.32. The molecule has 1 nitrogen and oxygen atoms in total. The molecule has 216 valence electrons. The molecule has 1 heteroatoms. The van der Waals surface area contributed by atoms with Gasteiger partial charge in [0.15, 0.2) is 0 Å². The Bertz CT molecular complexity index is 1040. The number of hydrogen-bond donors (Lipinski definition) is 0. The second-order valence-corrected chi connectivity index (χ2v) is 15.8. The molecule has 0 aliphatic heterocycles. The van der Waals surface area contributed by atoms with Gasteiger partial charge in [0.05, 0.1) is 0 Å². The van der Waals surface area contributed by atoms with Gasteiger partial charge in [-0.3, -0.25) is 0 Å². The molecule has 0 N–H and O–H groups in total. The van der Waals surface area contributed by atoms with Crippen LogP contribution in [0.5, 0.6) is 0 Å². The van der Waals surface area contributed by atoms with Gasteiger partial charge in [-0.25, -0.2) is 4.98 Å². The van der Waals surface area contributed by atoms with E-state index in [0.29, 0.717) is 22.2 Å². The highest BCUT2D eigenvalue weighted by molar-refractivity contribution is 5.30. The minimum atomic E-state index is 0.528. The van der Waals surface area contributed by atoms with Crippen LogP contribution in [-0.4, -0.2) is 4.98 Å². The zero-order chi connectivity index (χ0) is 28.0. The summed E-state index contributed by atoms with van der Waals surface area (Å²) in [7, 11) is 0. The number of fused-ring (bicyclic) bond motifs is 5. The van der Waals surface area contributed by atoms with E-state index in [2.05, 4.69) is 83.6 Å². The lowest BCUT2D eigenvalue weighted by Gasteiger charge is -2.63. The molecule has 0 bridgehead atoms. The summed E-state index contributed by atoms with van der Waals surface area (Å²) >= 11 is 0. The molecule has 1 heterocycles. The maximum Gasteiger partial charge on any atom is 0.113 e. The van der Waals surface area contributed by atoms with E-state index in [4.69, 9.17) is 0 Å². The van der Waals surface area contributed by atoms with Crippen LogP contribution in [0.3, 0.4) is 0 Å². The largest absolute Gasteiger partial charge is 0.248 e. The number of nitrogens with zero attached hydrogens (tertiary/aromatic N) is 1. The molecular weight excluding hydrogens is 470 g/mol. The zero-order valence-corrected chi connectivity index (χ0v) is 26.8. The quantitative estimate of drug-likeness (QED) is 0.320. The summed E-state index contributed by atoms with van der Waals surface area (Å²) in [4.78, 5) is 4.69. The molecule has 4 fully saturated rings. The van der Waals surface area contributed by atoms with E-state index in [1.165, 1.54) is 82.6 Å². The zero-order valence-electron chi connectivity index (χ0n) is 26.8. The first-order valence-electron chi connectivity index (χ1n) is 17.0. The van der Waals surface area contributed by atoms with E-state index in [1.807, 2.05) is 6.92 Å². The van der Waals surface area contributed by atoms with Gasteiger partial charge < -0.3 is 0 Å². The van der Waals surface area contributed by atoms with E-state index in [-0.39, 0.29) is 0 Å².